The summed E-state index contributed by atoms with van der Waals surface area (Å²) in [5, 5.41) is 10.8. The third-order valence-electron chi connectivity index (χ3n) is 2.17. The molecule has 0 rings (SSSR count). The number of esters is 1. The molecule has 0 aliphatic heterocycles. The maximum atomic E-state index is 11.4. The Hall–Kier alpha value is -1.46. The van der Waals surface area contributed by atoms with Gasteiger partial charge in [0.05, 0.1) is 12.0 Å². The van der Waals surface area contributed by atoms with E-state index in [2.05, 4.69) is 4.74 Å². The first-order valence-electron chi connectivity index (χ1n) is 5.02. The molecule has 6 nitrogen and oxygen atoms in total. The largest absolute Gasteiger partial charge is 0.461 e. The lowest BCUT2D eigenvalue weighted by molar-refractivity contribution is -0.527. The van der Waals surface area contributed by atoms with E-state index in [0.29, 0.717) is 0 Å². The molecule has 6 heteroatoms. The molecule has 0 radical (unpaired) electrons. The van der Waals surface area contributed by atoms with Crippen molar-refractivity contribution in [3.8, 4) is 0 Å². The zero-order valence-corrected chi connectivity index (χ0v) is 9.98. The fourth-order valence-electron chi connectivity index (χ4n) is 1.65. The van der Waals surface area contributed by atoms with E-state index in [-0.39, 0.29) is 18.8 Å². The molecule has 0 saturated carbocycles. The van der Waals surface area contributed by atoms with Crippen LogP contribution >= 0.6 is 0 Å². The average molecular weight is 231 g/mol. The lowest BCUT2D eigenvalue weighted by Crippen LogP contribution is -2.44. The van der Waals surface area contributed by atoms with Crippen LogP contribution in [0.3, 0.4) is 0 Å². The molecule has 92 valence electrons. The van der Waals surface area contributed by atoms with Crippen molar-refractivity contribution < 1.29 is 19.2 Å². The van der Waals surface area contributed by atoms with E-state index in [1.807, 2.05) is 0 Å². The van der Waals surface area contributed by atoms with Gasteiger partial charge in [-0.3, -0.25) is 10.1 Å². The molecule has 0 aromatic rings. The Morgan fingerprint density at radius 3 is 2.25 bits per heavy atom. The van der Waals surface area contributed by atoms with Crippen molar-refractivity contribution in [2.45, 2.75) is 40.2 Å². The number of hydrogen-bond donors (Lipinski definition) is 0. The van der Waals surface area contributed by atoms with E-state index in [1.165, 1.54) is 20.8 Å². The predicted molar refractivity (Wildman–Crippen MR) is 56.5 cm³/mol. The third-order valence-corrected chi connectivity index (χ3v) is 2.17. The van der Waals surface area contributed by atoms with Gasteiger partial charge in [0.1, 0.15) is 5.78 Å². The van der Waals surface area contributed by atoms with E-state index in [9.17, 15) is 19.7 Å². The number of ether oxygens (including phenoxy) is 1. The molecule has 0 spiro atoms. The minimum Gasteiger partial charge on any atom is -0.461 e. The molecule has 0 fully saturated rings. The number of carbonyl (C=O) groups excluding carboxylic acids is 2. The van der Waals surface area contributed by atoms with Crippen LogP contribution in [0.5, 0.6) is 0 Å². The minimum atomic E-state index is -1.50. The van der Waals surface area contributed by atoms with Gasteiger partial charge in [-0.1, -0.05) is 13.8 Å². The van der Waals surface area contributed by atoms with Crippen LogP contribution in [0.1, 0.15) is 34.1 Å². The molecule has 1 atom stereocenters. The smallest absolute Gasteiger partial charge is 0.382 e. The first kappa shape index (κ1) is 14.5. The van der Waals surface area contributed by atoms with Crippen LogP contribution < -0.4 is 0 Å². The highest BCUT2D eigenvalue weighted by molar-refractivity contribution is 5.80. The lowest BCUT2D eigenvalue weighted by atomic mass is 9.80. The van der Waals surface area contributed by atoms with Crippen molar-refractivity contribution in [1.29, 1.82) is 0 Å². The van der Waals surface area contributed by atoms with Gasteiger partial charge < -0.3 is 9.53 Å². The average Bonchev–Trinajstić information content (AvgIpc) is 1.99. The van der Waals surface area contributed by atoms with Gasteiger partial charge in [-0.25, -0.2) is 4.79 Å². The van der Waals surface area contributed by atoms with Gasteiger partial charge in [0, 0.05) is 11.3 Å². The number of nitrogens with zero attached hydrogens (tertiary/aromatic N) is 1. The standard InChI is InChI=1S/C10H17NO5/c1-5-16-9(13)8(11(14)15)10(3,4)6-7(2)12/h8H,5-6H2,1-4H3/t8-/m0/s1. The van der Waals surface area contributed by atoms with Gasteiger partial charge in [0.2, 0.25) is 0 Å². The van der Waals surface area contributed by atoms with Gasteiger partial charge in [-0.2, -0.15) is 0 Å². The highest BCUT2D eigenvalue weighted by atomic mass is 16.6. The highest BCUT2D eigenvalue weighted by Crippen LogP contribution is 2.28. The molecule has 0 heterocycles. The van der Waals surface area contributed by atoms with Gasteiger partial charge in [0.25, 0.3) is 0 Å². The zero-order chi connectivity index (χ0) is 12.9. The summed E-state index contributed by atoms with van der Waals surface area (Å²) in [6.07, 6.45) is -0.0303. The van der Waals surface area contributed by atoms with E-state index >= 15 is 0 Å². The van der Waals surface area contributed by atoms with Gasteiger partial charge in [-0.15, -0.1) is 0 Å². The van der Waals surface area contributed by atoms with E-state index in [1.54, 1.807) is 6.92 Å². The lowest BCUT2D eigenvalue weighted by Gasteiger charge is -2.24. The Bertz CT molecular complexity index is 298. The van der Waals surface area contributed by atoms with Gasteiger partial charge in [-0.05, 0) is 13.8 Å². The summed E-state index contributed by atoms with van der Waals surface area (Å²) in [7, 11) is 0. The molecule has 0 aromatic carbocycles. The van der Waals surface area contributed by atoms with Gasteiger partial charge in [0.15, 0.2) is 0 Å². The molecule has 0 N–H and O–H groups in total. The second-order valence-electron chi connectivity index (χ2n) is 4.31. The Kier molecular flexibility index (Phi) is 5.07. The van der Waals surface area contributed by atoms with Crippen LogP contribution in [0, 0.1) is 15.5 Å². The summed E-state index contributed by atoms with van der Waals surface area (Å²) >= 11 is 0. The van der Waals surface area contributed by atoms with Crippen LogP contribution in [0.15, 0.2) is 0 Å². The Balaban J connectivity index is 4.96. The van der Waals surface area contributed by atoms with Crippen LogP contribution in [0.4, 0.5) is 0 Å². The topological polar surface area (TPSA) is 86.5 Å². The first-order chi connectivity index (χ1) is 7.22. The summed E-state index contributed by atoms with van der Waals surface area (Å²) in [4.78, 5) is 32.6. The van der Waals surface area contributed by atoms with Crippen molar-refractivity contribution >= 4 is 11.8 Å². The second kappa shape index (κ2) is 5.58. The molecule has 0 aromatic heterocycles. The minimum absolute atomic E-state index is 0.0303. The maximum absolute atomic E-state index is 11.4. The Morgan fingerprint density at radius 1 is 1.44 bits per heavy atom. The number of carbonyl (C=O) groups is 2. The van der Waals surface area contributed by atoms with Crippen molar-refractivity contribution in [2.24, 2.45) is 5.41 Å². The Morgan fingerprint density at radius 2 is 1.94 bits per heavy atom. The van der Waals surface area contributed by atoms with Crippen LogP contribution in [-0.2, 0) is 14.3 Å². The quantitative estimate of drug-likeness (QED) is 0.389. The third kappa shape index (κ3) is 3.96. The highest BCUT2D eigenvalue weighted by Gasteiger charge is 2.46. The normalized spacial score (nSPS) is 13.0. The Labute approximate surface area is 94.1 Å². The molecule has 0 unspecified atom stereocenters. The molecular formula is C10H17NO5. The zero-order valence-electron chi connectivity index (χ0n) is 9.98. The van der Waals surface area contributed by atoms with Crippen molar-refractivity contribution in [3.05, 3.63) is 10.1 Å². The number of ketones is 1. The summed E-state index contributed by atoms with van der Waals surface area (Å²) in [6, 6.07) is -1.50. The molecular weight excluding hydrogens is 214 g/mol. The summed E-state index contributed by atoms with van der Waals surface area (Å²) in [6.45, 7) is 6.02. The van der Waals surface area contributed by atoms with Crippen LogP contribution in [0.2, 0.25) is 0 Å². The molecule has 16 heavy (non-hydrogen) atoms. The fourth-order valence-corrected chi connectivity index (χ4v) is 1.65. The SMILES string of the molecule is CCOC(=O)[C@H]([N+](=O)[O-])C(C)(C)CC(C)=O. The molecule has 0 saturated heterocycles. The molecule has 0 aliphatic rings. The van der Waals surface area contributed by atoms with Gasteiger partial charge >= 0.3 is 12.0 Å². The van der Waals surface area contributed by atoms with Crippen molar-refractivity contribution in [3.63, 3.8) is 0 Å². The van der Waals surface area contributed by atoms with E-state index in [4.69, 9.17) is 0 Å². The number of rotatable bonds is 6. The monoisotopic (exact) mass is 231 g/mol. The fraction of sp³-hybridized carbons (Fsp3) is 0.800. The molecule has 0 bridgehead atoms. The summed E-state index contributed by atoms with van der Waals surface area (Å²) in [5.74, 6) is -1.08. The second-order valence-corrected chi connectivity index (χ2v) is 4.31. The number of Topliss-reactive ketones (excluding diaryl/α,β-unsaturated/α-hetero) is 1. The van der Waals surface area contributed by atoms with E-state index < -0.39 is 22.3 Å². The van der Waals surface area contributed by atoms with Crippen molar-refractivity contribution in [2.75, 3.05) is 6.61 Å². The van der Waals surface area contributed by atoms with Crippen LogP contribution in [-0.4, -0.2) is 29.3 Å². The molecule has 0 amide bonds. The maximum Gasteiger partial charge on any atom is 0.382 e. The molecule has 0 aliphatic carbocycles. The summed E-state index contributed by atoms with van der Waals surface area (Å²) in [5.41, 5.74) is -1.04. The first-order valence-corrected chi connectivity index (χ1v) is 5.02. The number of nitro groups is 1. The van der Waals surface area contributed by atoms with E-state index in [0.717, 1.165) is 0 Å². The number of hydrogen-bond acceptors (Lipinski definition) is 5. The summed E-state index contributed by atoms with van der Waals surface area (Å²) < 4.78 is 4.64. The van der Waals surface area contributed by atoms with Crippen LogP contribution in [0.25, 0.3) is 0 Å². The predicted octanol–water partition coefficient (Wildman–Crippen LogP) is 1.20. The van der Waals surface area contributed by atoms with Crippen molar-refractivity contribution in [1.82, 2.24) is 0 Å².